The number of likely N-dealkylation sites (tertiary alicyclic amines) is 1. The quantitative estimate of drug-likeness (QED) is 0.735. The molecule has 2 aliphatic carbocycles. The molecule has 1 saturated heterocycles. The number of carbonyl (C=O) groups is 1. The first-order chi connectivity index (χ1) is 7.29. The van der Waals surface area contributed by atoms with Crippen molar-refractivity contribution in [3.05, 3.63) is 0 Å². The van der Waals surface area contributed by atoms with E-state index in [2.05, 4.69) is 4.90 Å². The van der Waals surface area contributed by atoms with Crippen LogP contribution in [-0.4, -0.2) is 29.9 Å². The Labute approximate surface area is 91.0 Å². The molecule has 0 radical (unpaired) electrons. The van der Waals surface area contributed by atoms with E-state index in [-0.39, 0.29) is 0 Å². The van der Waals surface area contributed by atoms with Gasteiger partial charge in [0.05, 0.1) is 0 Å². The minimum Gasteiger partial charge on any atom is -0.338 e. The van der Waals surface area contributed by atoms with Gasteiger partial charge in [0.1, 0.15) is 0 Å². The van der Waals surface area contributed by atoms with E-state index in [0.29, 0.717) is 24.4 Å². The first kappa shape index (κ1) is 9.64. The lowest BCUT2D eigenvalue weighted by Gasteiger charge is -2.27. The van der Waals surface area contributed by atoms with Gasteiger partial charge in [0.25, 0.3) is 0 Å². The molecule has 0 spiro atoms. The highest BCUT2D eigenvalue weighted by Gasteiger charge is 2.49. The summed E-state index contributed by atoms with van der Waals surface area (Å²) >= 11 is 0. The van der Waals surface area contributed by atoms with Crippen molar-refractivity contribution in [3.63, 3.8) is 0 Å². The van der Waals surface area contributed by atoms with Crippen molar-refractivity contribution in [1.82, 2.24) is 4.90 Å². The first-order valence-electron chi connectivity index (χ1n) is 6.30. The zero-order chi connectivity index (χ0) is 10.4. The molecule has 3 nitrogen and oxygen atoms in total. The summed E-state index contributed by atoms with van der Waals surface area (Å²) in [5.41, 5.74) is 5.70. The molecule has 2 N–H and O–H groups in total. The molecule has 3 fully saturated rings. The number of rotatable bonds is 2. The van der Waals surface area contributed by atoms with E-state index < -0.39 is 0 Å². The zero-order valence-corrected chi connectivity index (χ0v) is 9.19. The third-order valence-electron chi connectivity index (χ3n) is 4.53. The number of hydrogen-bond donors (Lipinski definition) is 1. The summed E-state index contributed by atoms with van der Waals surface area (Å²) in [5, 5.41) is 0. The van der Waals surface area contributed by atoms with Crippen LogP contribution in [0.2, 0.25) is 0 Å². The first-order valence-corrected chi connectivity index (χ1v) is 6.30. The van der Waals surface area contributed by atoms with E-state index in [1.807, 2.05) is 0 Å². The van der Waals surface area contributed by atoms with Gasteiger partial charge in [-0.3, -0.25) is 4.79 Å². The maximum atomic E-state index is 12.3. The molecule has 1 heterocycles. The lowest BCUT2D eigenvalue weighted by molar-refractivity contribution is -0.136. The molecule has 15 heavy (non-hydrogen) atoms. The van der Waals surface area contributed by atoms with Crippen molar-refractivity contribution in [1.29, 1.82) is 0 Å². The molecule has 3 unspecified atom stereocenters. The Hall–Kier alpha value is -0.570. The van der Waals surface area contributed by atoms with Gasteiger partial charge >= 0.3 is 0 Å². The summed E-state index contributed by atoms with van der Waals surface area (Å²) in [4.78, 5) is 14.3. The Balaban J connectivity index is 1.63. The second-order valence-corrected chi connectivity index (χ2v) is 5.49. The Kier molecular flexibility index (Phi) is 2.23. The lowest BCUT2D eigenvalue weighted by atomic mass is 10.0. The van der Waals surface area contributed by atoms with Crippen molar-refractivity contribution in [3.8, 4) is 0 Å². The highest BCUT2D eigenvalue weighted by atomic mass is 16.2. The van der Waals surface area contributed by atoms with E-state index in [1.54, 1.807) is 0 Å². The topological polar surface area (TPSA) is 46.3 Å². The number of hydrogen-bond acceptors (Lipinski definition) is 2. The molecule has 1 aliphatic heterocycles. The second kappa shape index (κ2) is 3.48. The minimum absolute atomic E-state index is 0.342. The number of nitrogens with two attached hydrogens (primary N) is 1. The largest absolute Gasteiger partial charge is 0.338 e. The van der Waals surface area contributed by atoms with E-state index >= 15 is 0 Å². The average molecular weight is 208 g/mol. The molecule has 2 saturated carbocycles. The van der Waals surface area contributed by atoms with Crippen LogP contribution < -0.4 is 5.73 Å². The molecule has 0 aromatic carbocycles. The van der Waals surface area contributed by atoms with E-state index in [9.17, 15) is 4.79 Å². The third kappa shape index (κ3) is 1.57. The molecule has 3 rings (SSSR count). The van der Waals surface area contributed by atoms with Crippen LogP contribution in [0.1, 0.15) is 32.1 Å². The molecule has 1 amide bonds. The highest BCUT2D eigenvalue weighted by Crippen LogP contribution is 2.54. The predicted molar refractivity (Wildman–Crippen MR) is 58.1 cm³/mol. The molecule has 3 atom stereocenters. The van der Waals surface area contributed by atoms with Gasteiger partial charge in [0.2, 0.25) is 5.91 Å². The molecular formula is C12H20N2O. The van der Waals surface area contributed by atoms with Crippen molar-refractivity contribution in [2.24, 2.45) is 23.5 Å². The van der Waals surface area contributed by atoms with Gasteiger partial charge in [-0.25, -0.2) is 0 Å². The molecular weight excluding hydrogens is 188 g/mol. The van der Waals surface area contributed by atoms with Gasteiger partial charge in [-0.15, -0.1) is 0 Å². The molecule has 0 aromatic rings. The number of fused-ring (bicyclic) bond motifs is 1. The van der Waals surface area contributed by atoms with Crippen molar-refractivity contribution < 1.29 is 4.79 Å². The molecule has 0 bridgehead atoms. The van der Waals surface area contributed by atoms with Crippen LogP contribution in [0.3, 0.4) is 0 Å². The van der Waals surface area contributed by atoms with Crippen LogP contribution in [0.25, 0.3) is 0 Å². The maximum absolute atomic E-state index is 12.3. The summed E-state index contributed by atoms with van der Waals surface area (Å²) in [6, 6.07) is 0.342. The normalized spacial score (nSPS) is 43.1. The van der Waals surface area contributed by atoms with E-state index in [4.69, 9.17) is 5.73 Å². The third-order valence-corrected chi connectivity index (χ3v) is 4.53. The van der Waals surface area contributed by atoms with E-state index in [0.717, 1.165) is 44.1 Å². The van der Waals surface area contributed by atoms with Crippen LogP contribution in [0, 0.1) is 17.8 Å². The van der Waals surface area contributed by atoms with Gasteiger partial charge < -0.3 is 10.6 Å². The fraction of sp³-hybridized carbons (Fsp3) is 0.917. The summed E-state index contributed by atoms with van der Waals surface area (Å²) in [7, 11) is 0. The van der Waals surface area contributed by atoms with E-state index in [1.165, 1.54) is 6.42 Å². The van der Waals surface area contributed by atoms with Crippen LogP contribution in [0.5, 0.6) is 0 Å². The fourth-order valence-corrected chi connectivity index (χ4v) is 3.52. The molecule has 3 heteroatoms. The van der Waals surface area contributed by atoms with Gasteiger partial charge in [-0.05, 0) is 43.9 Å². The number of amides is 1. The van der Waals surface area contributed by atoms with Crippen LogP contribution in [0.4, 0.5) is 0 Å². The monoisotopic (exact) mass is 208 g/mol. The number of carbonyl (C=O) groups excluding carboxylic acids is 1. The molecule has 3 aliphatic rings. The lowest BCUT2D eigenvalue weighted by Crippen LogP contribution is -2.42. The standard InChI is InChI=1S/C12H20N2O/c13-7-11-2-1-3-14(11)12(15)10-5-8-4-9(8)6-10/h8-11H,1-7,13H2. The smallest absolute Gasteiger partial charge is 0.225 e. The fourth-order valence-electron chi connectivity index (χ4n) is 3.52. The average Bonchev–Trinajstić information content (AvgIpc) is 2.72. The van der Waals surface area contributed by atoms with Crippen molar-refractivity contribution >= 4 is 5.91 Å². The molecule has 0 aromatic heterocycles. The Bertz CT molecular complexity index is 269. The maximum Gasteiger partial charge on any atom is 0.225 e. The van der Waals surface area contributed by atoms with Gasteiger partial charge in [-0.2, -0.15) is 0 Å². The van der Waals surface area contributed by atoms with Crippen LogP contribution >= 0.6 is 0 Å². The van der Waals surface area contributed by atoms with Crippen LogP contribution in [0.15, 0.2) is 0 Å². The summed E-state index contributed by atoms with van der Waals surface area (Å²) < 4.78 is 0. The van der Waals surface area contributed by atoms with Crippen molar-refractivity contribution in [2.75, 3.05) is 13.1 Å². The van der Waals surface area contributed by atoms with Crippen molar-refractivity contribution in [2.45, 2.75) is 38.1 Å². The summed E-state index contributed by atoms with van der Waals surface area (Å²) in [6.45, 7) is 1.60. The Morgan fingerprint density at radius 1 is 1.27 bits per heavy atom. The van der Waals surface area contributed by atoms with Gasteiger partial charge in [0, 0.05) is 25.0 Å². The Morgan fingerprint density at radius 2 is 2.00 bits per heavy atom. The van der Waals surface area contributed by atoms with Gasteiger partial charge in [-0.1, -0.05) is 0 Å². The second-order valence-electron chi connectivity index (χ2n) is 5.49. The summed E-state index contributed by atoms with van der Waals surface area (Å²) in [6.07, 6.45) is 5.98. The summed E-state index contributed by atoms with van der Waals surface area (Å²) in [5.74, 6) is 2.56. The predicted octanol–water partition coefficient (Wildman–Crippen LogP) is 0.982. The van der Waals surface area contributed by atoms with Gasteiger partial charge in [0.15, 0.2) is 0 Å². The SMILES string of the molecule is NCC1CCCN1C(=O)C1CC2CC2C1. The highest BCUT2D eigenvalue weighted by molar-refractivity contribution is 5.80. The number of nitrogens with zero attached hydrogens (tertiary/aromatic N) is 1. The minimum atomic E-state index is 0.342. The zero-order valence-electron chi connectivity index (χ0n) is 9.19. The molecule has 84 valence electrons. The van der Waals surface area contributed by atoms with Crippen LogP contribution in [-0.2, 0) is 4.79 Å². The Morgan fingerprint density at radius 3 is 2.67 bits per heavy atom.